The predicted octanol–water partition coefficient (Wildman–Crippen LogP) is 0.160. The van der Waals surface area contributed by atoms with Crippen LogP contribution in [0.5, 0.6) is 0 Å². The van der Waals surface area contributed by atoms with Gasteiger partial charge in [-0.2, -0.15) is 0 Å². The van der Waals surface area contributed by atoms with Crippen LogP contribution >= 0.6 is 0 Å². The first kappa shape index (κ1) is 17.9. The van der Waals surface area contributed by atoms with Crippen molar-refractivity contribution in [3.63, 3.8) is 0 Å². The Morgan fingerprint density at radius 3 is 2.72 bits per heavy atom. The molecule has 8 heteroatoms. The summed E-state index contributed by atoms with van der Waals surface area (Å²) in [7, 11) is 2.04. The molecule has 138 valence electrons. The number of aromatic nitrogens is 2. The number of carbonyl (C=O) groups excluding carboxylic acids is 2. The molecule has 0 radical (unpaired) electrons. The first-order valence-electron chi connectivity index (χ1n) is 8.92. The van der Waals surface area contributed by atoms with Crippen molar-refractivity contribution in [2.75, 3.05) is 39.9 Å². The second-order valence-corrected chi connectivity index (χ2v) is 6.84. The molecule has 2 amide bonds. The third-order valence-electron chi connectivity index (χ3n) is 5.20. The number of nitrogens with one attached hydrogen (secondary N) is 2. The third-order valence-corrected chi connectivity index (χ3v) is 5.20. The van der Waals surface area contributed by atoms with Gasteiger partial charge in [0.05, 0.1) is 19.4 Å². The molecule has 2 aliphatic rings. The molecular formula is C17H27N5O3. The highest BCUT2D eigenvalue weighted by molar-refractivity contribution is 5.92. The highest BCUT2D eigenvalue weighted by atomic mass is 16.5. The Morgan fingerprint density at radius 2 is 2.04 bits per heavy atom. The average Bonchev–Trinajstić information content (AvgIpc) is 3.20. The van der Waals surface area contributed by atoms with Gasteiger partial charge in [-0.1, -0.05) is 0 Å². The fraction of sp³-hybridized carbons (Fsp3) is 0.706. The molecule has 0 aromatic carbocycles. The Bertz CT molecular complexity index is 611. The first-order chi connectivity index (χ1) is 12.0. The van der Waals surface area contributed by atoms with Gasteiger partial charge in [-0.25, -0.2) is 4.98 Å². The number of likely N-dealkylation sites (tertiary alicyclic amines) is 1. The van der Waals surface area contributed by atoms with Crippen molar-refractivity contribution in [2.24, 2.45) is 0 Å². The molecule has 2 saturated heterocycles. The predicted molar refractivity (Wildman–Crippen MR) is 92.2 cm³/mol. The third kappa shape index (κ3) is 4.38. The molecule has 1 aromatic rings. The molecule has 2 aliphatic heterocycles. The van der Waals surface area contributed by atoms with E-state index in [9.17, 15) is 9.59 Å². The standard InChI is InChI=1S/C17H27N5O3/c1-12-18-11-15(20-12)17(24)19-10-14-4-3-13(21(14)2)9-16(23)22-5-7-25-8-6-22/h11,13-14H,3-10H2,1-2H3,(H,18,20)(H,19,24)/t13-,14+/m1/s1. The van der Waals surface area contributed by atoms with E-state index in [2.05, 4.69) is 20.2 Å². The number of ether oxygens (including phenoxy) is 1. The number of nitrogens with zero attached hydrogens (tertiary/aromatic N) is 3. The topological polar surface area (TPSA) is 90.6 Å². The Kier molecular flexibility index (Phi) is 5.70. The number of imidazole rings is 1. The van der Waals surface area contributed by atoms with Crippen LogP contribution in [0.3, 0.4) is 0 Å². The van der Waals surface area contributed by atoms with Crippen LogP contribution in [0.15, 0.2) is 6.20 Å². The van der Waals surface area contributed by atoms with E-state index in [0.717, 1.165) is 18.7 Å². The van der Waals surface area contributed by atoms with E-state index >= 15 is 0 Å². The average molecular weight is 349 g/mol. The quantitative estimate of drug-likeness (QED) is 0.790. The molecule has 0 unspecified atom stereocenters. The molecule has 3 heterocycles. The number of rotatable bonds is 5. The minimum absolute atomic E-state index is 0.137. The van der Waals surface area contributed by atoms with Crippen molar-refractivity contribution >= 4 is 11.8 Å². The maximum atomic E-state index is 12.4. The van der Waals surface area contributed by atoms with Gasteiger partial charge >= 0.3 is 0 Å². The van der Waals surface area contributed by atoms with E-state index in [1.807, 2.05) is 18.9 Å². The lowest BCUT2D eigenvalue weighted by atomic mass is 10.1. The van der Waals surface area contributed by atoms with Crippen molar-refractivity contribution in [1.29, 1.82) is 0 Å². The van der Waals surface area contributed by atoms with E-state index in [1.165, 1.54) is 0 Å². The van der Waals surface area contributed by atoms with Crippen LogP contribution in [-0.4, -0.2) is 83.6 Å². The molecule has 3 rings (SSSR count). The fourth-order valence-electron chi connectivity index (χ4n) is 3.57. The monoisotopic (exact) mass is 349 g/mol. The summed E-state index contributed by atoms with van der Waals surface area (Å²) < 4.78 is 5.30. The highest BCUT2D eigenvalue weighted by Crippen LogP contribution is 2.25. The first-order valence-corrected chi connectivity index (χ1v) is 8.92. The van der Waals surface area contributed by atoms with Crippen LogP contribution in [-0.2, 0) is 9.53 Å². The number of aryl methyl sites for hydroxylation is 1. The van der Waals surface area contributed by atoms with Gasteiger partial charge in [0.2, 0.25) is 5.91 Å². The molecule has 25 heavy (non-hydrogen) atoms. The summed E-state index contributed by atoms with van der Waals surface area (Å²) in [5.74, 6) is 0.796. The maximum Gasteiger partial charge on any atom is 0.269 e. The SMILES string of the molecule is Cc1ncc(C(=O)NC[C@@H]2CC[C@H](CC(=O)N3CCOCC3)N2C)[nH]1. The smallest absolute Gasteiger partial charge is 0.269 e. The summed E-state index contributed by atoms with van der Waals surface area (Å²) in [4.78, 5) is 35.6. The van der Waals surface area contributed by atoms with E-state index in [4.69, 9.17) is 4.74 Å². The molecule has 2 N–H and O–H groups in total. The molecular weight excluding hydrogens is 322 g/mol. The lowest BCUT2D eigenvalue weighted by Gasteiger charge is -2.30. The summed E-state index contributed by atoms with van der Waals surface area (Å²) in [6.45, 7) is 5.05. The van der Waals surface area contributed by atoms with Crippen molar-refractivity contribution in [3.8, 4) is 0 Å². The molecule has 0 saturated carbocycles. The number of likely N-dealkylation sites (N-methyl/N-ethyl adjacent to an activating group) is 1. The van der Waals surface area contributed by atoms with Gasteiger partial charge in [-0.15, -0.1) is 0 Å². The second kappa shape index (κ2) is 7.97. The molecule has 2 atom stereocenters. The van der Waals surface area contributed by atoms with Crippen molar-refractivity contribution in [2.45, 2.75) is 38.3 Å². The molecule has 8 nitrogen and oxygen atoms in total. The van der Waals surface area contributed by atoms with Gasteiger partial charge in [0.1, 0.15) is 11.5 Å². The normalized spacial score (nSPS) is 24.5. The van der Waals surface area contributed by atoms with Crippen molar-refractivity contribution < 1.29 is 14.3 Å². The summed E-state index contributed by atoms with van der Waals surface area (Å²) >= 11 is 0. The number of aromatic amines is 1. The van der Waals surface area contributed by atoms with E-state index < -0.39 is 0 Å². The van der Waals surface area contributed by atoms with E-state index in [-0.39, 0.29) is 23.9 Å². The van der Waals surface area contributed by atoms with Gasteiger partial charge in [0, 0.05) is 38.1 Å². The van der Waals surface area contributed by atoms with Crippen LogP contribution in [0, 0.1) is 6.92 Å². The number of H-pyrrole nitrogens is 1. The molecule has 0 bridgehead atoms. The number of amides is 2. The van der Waals surface area contributed by atoms with Crippen LogP contribution < -0.4 is 5.32 Å². The Labute approximate surface area is 147 Å². The van der Waals surface area contributed by atoms with Gasteiger partial charge < -0.3 is 19.9 Å². The van der Waals surface area contributed by atoms with Gasteiger partial charge in [-0.05, 0) is 26.8 Å². The molecule has 0 spiro atoms. The highest BCUT2D eigenvalue weighted by Gasteiger charge is 2.33. The minimum atomic E-state index is -0.137. The largest absolute Gasteiger partial charge is 0.378 e. The Morgan fingerprint density at radius 1 is 1.32 bits per heavy atom. The minimum Gasteiger partial charge on any atom is -0.378 e. The Balaban J connectivity index is 1.45. The summed E-state index contributed by atoms with van der Waals surface area (Å²) in [5, 5.41) is 2.96. The fourth-order valence-corrected chi connectivity index (χ4v) is 3.57. The van der Waals surface area contributed by atoms with Crippen LogP contribution in [0.1, 0.15) is 35.6 Å². The van der Waals surface area contributed by atoms with Crippen molar-refractivity contribution in [3.05, 3.63) is 17.7 Å². The summed E-state index contributed by atoms with van der Waals surface area (Å²) in [6.07, 6.45) is 4.06. The van der Waals surface area contributed by atoms with Crippen LogP contribution in [0.4, 0.5) is 0 Å². The summed E-state index contributed by atoms with van der Waals surface area (Å²) in [6, 6.07) is 0.502. The second-order valence-electron chi connectivity index (χ2n) is 6.84. The van der Waals surface area contributed by atoms with Gasteiger partial charge in [0.25, 0.3) is 5.91 Å². The molecule has 0 aliphatic carbocycles. The maximum absolute atomic E-state index is 12.4. The van der Waals surface area contributed by atoms with Gasteiger partial charge in [-0.3, -0.25) is 14.5 Å². The van der Waals surface area contributed by atoms with Crippen LogP contribution in [0.25, 0.3) is 0 Å². The van der Waals surface area contributed by atoms with Gasteiger partial charge in [0.15, 0.2) is 0 Å². The van der Waals surface area contributed by atoms with Crippen LogP contribution in [0.2, 0.25) is 0 Å². The van der Waals surface area contributed by atoms with E-state index in [1.54, 1.807) is 6.20 Å². The zero-order valence-electron chi connectivity index (χ0n) is 15.0. The summed E-state index contributed by atoms with van der Waals surface area (Å²) in [5.41, 5.74) is 0.484. The lowest BCUT2D eigenvalue weighted by molar-refractivity contribution is -0.136. The number of morpholine rings is 1. The van der Waals surface area contributed by atoms with E-state index in [0.29, 0.717) is 45.0 Å². The number of hydrogen-bond acceptors (Lipinski definition) is 5. The zero-order valence-corrected chi connectivity index (χ0v) is 15.0. The molecule has 1 aromatic heterocycles. The zero-order chi connectivity index (χ0) is 17.8. The Hall–Kier alpha value is -1.93. The number of carbonyl (C=O) groups is 2. The lowest BCUT2D eigenvalue weighted by Crippen LogP contribution is -2.45. The number of hydrogen-bond donors (Lipinski definition) is 2. The van der Waals surface area contributed by atoms with Crippen molar-refractivity contribution in [1.82, 2.24) is 25.1 Å². The molecule has 2 fully saturated rings.